The minimum Gasteiger partial charge on any atom is -0.492 e. The zero-order valence-corrected chi connectivity index (χ0v) is 22.2. The second kappa shape index (κ2) is 12.6. The molecule has 0 heterocycles. The van der Waals surface area contributed by atoms with Crippen LogP contribution in [0.5, 0.6) is 11.5 Å². The largest absolute Gasteiger partial charge is 0.503 e. The van der Waals surface area contributed by atoms with Gasteiger partial charge < -0.3 is 36.0 Å². The zero-order valence-electron chi connectivity index (χ0n) is 17.0. The Hall–Kier alpha value is -0.0262. The number of rotatable bonds is 14. The molecule has 1 aromatic carbocycles. The number of halogens is 2. The predicted octanol–water partition coefficient (Wildman–Crippen LogP) is 3.73. The lowest BCUT2D eigenvalue weighted by Gasteiger charge is -2.24. The van der Waals surface area contributed by atoms with Crippen LogP contribution in [0.25, 0.3) is 0 Å². The second-order valence-corrected chi connectivity index (χ2v) is 13.4. The third-order valence-corrected chi connectivity index (χ3v) is 10.8. The van der Waals surface area contributed by atoms with E-state index in [4.69, 9.17) is 36.0 Å². The molecular formula is C16H28Br2O8Si2. The van der Waals surface area contributed by atoms with Crippen LogP contribution < -0.4 is 9.47 Å². The first-order chi connectivity index (χ1) is 13.3. The van der Waals surface area contributed by atoms with Gasteiger partial charge in [0.2, 0.25) is 0 Å². The number of hydrogen-bond acceptors (Lipinski definition) is 8. The fourth-order valence-corrected chi connectivity index (χ4v) is 6.22. The molecule has 0 aliphatic rings. The van der Waals surface area contributed by atoms with Crippen molar-refractivity contribution in [3.8, 4) is 11.5 Å². The van der Waals surface area contributed by atoms with Gasteiger partial charge in [-0.25, -0.2) is 0 Å². The second-order valence-electron chi connectivity index (χ2n) is 5.50. The molecule has 0 spiro atoms. The summed E-state index contributed by atoms with van der Waals surface area (Å²) in [6, 6.07) is 4.72. The number of ether oxygens (including phenoxy) is 2. The molecule has 0 unspecified atom stereocenters. The average molecular weight is 564 g/mol. The van der Waals surface area contributed by atoms with Crippen LogP contribution >= 0.6 is 31.9 Å². The lowest BCUT2D eigenvalue weighted by Crippen LogP contribution is -2.44. The third kappa shape index (κ3) is 7.04. The van der Waals surface area contributed by atoms with Crippen LogP contribution in [0.4, 0.5) is 0 Å². The van der Waals surface area contributed by atoms with Crippen LogP contribution in [0.3, 0.4) is 0 Å². The highest BCUT2D eigenvalue weighted by Crippen LogP contribution is 2.36. The van der Waals surface area contributed by atoms with E-state index in [9.17, 15) is 0 Å². The fraction of sp³-hybridized carbons (Fsp3) is 0.625. The standard InChI is InChI=1S/C16H28Br2O8Si2/c1-19-27(20-2,21-3)9-7-25-15-11-14(18)16(12-13(15)17)26-8-10-28(22-4,23-5)24-6/h11-12H,7-10H2,1-6H3. The van der Waals surface area contributed by atoms with Crippen molar-refractivity contribution >= 4 is 49.5 Å². The molecule has 0 aliphatic carbocycles. The molecule has 0 saturated carbocycles. The Morgan fingerprint density at radius 3 is 1.14 bits per heavy atom. The molecular weight excluding hydrogens is 536 g/mol. The van der Waals surface area contributed by atoms with Gasteiger partial charge in [0.05, 0.1) is 34.2 Å². The highest BCUT2D eigenvalue weighted by atomic mass is 79.9. The molecule has 0 aromatic heterocycles. The molecule has 0 aliphatic heterocycles. The predicted molar refractivity (Wildman–Crippen MR) is 116 cm³/mol. The summed E-state index contributed by atoms with van der Waals surface area (Å²) in [5, 5.41) is 0. The van der Waals surface area contributed by atoms with Crippen molar-refractivity contribution in [3.63, 3.8) is 0 Å². The highest BCUT2D eigenvalue weighted by molar-refractivity contribution is 9.11. The van der Waals surface area contributed by atoms with Gasteiger partial charge in [-0.1, -0.05) is 0 Å². The highest BCUT2D eigenvalue weighted by Gasteiger charge is 2.38. The van der Waals surface area contributed by atoms with E-state index in [1.165, 1.54) is 0 Å². The Labute approximate surface area is 185 Å². The molecule has 8 nitrogen and oxygen atoms in total. The Morgan fingerprint density at radius 1 is 0.607 bits per heavy atom. The van der Waals surface area contributed by atoms with Gasteiger partial charge in [-0.15, -0.1) is 0 Å². The summed E-state index contributed by atoms with van der Waals surface area (Å²) in [4.78, 5) is 0. The van der Waals surface area contributed by atoms with Gasteiger partial charge >= 0.3 is 17.6 Å². The van der Waals surface area contributed by atoms with Crippen molar-refractivity contribution in [3.05, 3.63) is 21.1 Å². The lowest BCUT2D eigenvalue weighted by atomic mass is 10.3. The van der Waals surface area contributed by atoms with Gasteiger partial charge in [0.15, 0.2) is 0 Å². The van der Waals surface area contributed by atoms with Gasteiger partial charge in [0, 0.05) is 42.7 Å². The van der Waals surface area contributed by atoms with Crippen LogP contribution in [-0.2, 0) is 26.6 Å². The molecule has 162 valence electrons. The first-order valence-electron chi connectivity index (χ1n) is 8.40. The van der Waals surface area contributed by atoms with Crippen molar-refractivity contribution in [2.24, 2.45) is 0 Å². The average Bonchev–Trinajstić information content (AvgIpc) is 2.72. The maximum atomic E-state index is 5.85. The van der Waals surface area contributed by atoms with E-state index in [1.54, 1.807) is 42.7 Å². The molecule has 1 aromatic rings. The summed E-state index contributed by atoms with van der Waals surface area (Å²) in [5.41, 5.74) is 0. The summed E-state index contributed by atoms with van der Waals surface area (Å²) in [6.07, 6.45) is 0. The molecule has 0 radical (unpaired) electrons. The Balaban J connectivity index is 2.69. The summed E-state index contributed by atoms with van der Waals surface area (Å²) in [7, 11) is 4.12. The lowest BCUT2D eigenvalue weighted by molar-refractivity contribution is 0.116. The van der Waals surface area contributed by atoms with E-state index in [0.29, 0.717) is 36.8 Å². The number of benzene rings is 1. The van der Waals surface area contributed by atoms with Crippen LogP contribution in [0.15, 0.2) is 21.1 Å². The Bertz CT molecular complexity index is 532. The summed E-state index contributed by atoms with van der Waals surface area (Å²) in [6.45, 7) is 0.771. The minimum absolute atomic E-state index is 0.386. The molecule has 0 atom stereocenters. The fourth-order valence-electron chi connectivity index (χ4n) is 2.42. The molecule has 0 fully saturated rings. The van der Waals surface area contributed by atoms with Crippen molar-refractivity contribution in [2.75, 3.05) is 55.9 Å². The van der Waals surface area contributed by atoms with Crippen LogP contribution in [0, 0.1) is 0 Å². The molecule has 28 heavy (non-hydrogen) atoms. The van der Waals surface area contributed by atoms with E-state index < -0.39 is 17.6 Å². The quantitative estimate of drug-likeness (QED) is 0.317. The van der Waals surface area contributed by atoms with Gasteiger partial charge in [-0.2, -0.15) is 0 Å². The van der Waals surface area contributed by atoms with E-state index in [2.05, 4.69) is 31.9 Å². The topological polar surface area (TPSA) is 73.8 Å². The van der Waals surface area contributed by atoms with Crippen molar-refractivity contribution in [2.45, 2.75) is 12.1 Å². The van der Waals surface area contributed by atoms with E-state index in [0.717, 1.165) is 8.95 Å². The van der Waals surface area contributed by atoms with E-state index in [-0.39, 0.29) is 0 Å². The summed E-state index contributed by atoms with van der Waals surface area (Å²) in [5.74, 6) is 1.33. The summed E-state index contributed by atoms with van der Waals surface area (Å²) < 4.78 is 45.6. The van der Waals surface area contributed by atoms with Crippen molar-refractivity contribution < 1.29 is 36.0 Å². The minimum atomic E-state index is -2.67. The zero-order chi connectivity index (χ0) is 21.2. The molecule has 0 saturated heterocycles. The molecule has 12 heteroatoms. The van der Waals surface area contributed by atoms with E-state index >= 15 is 0 Å². The maximum Gasteiger partial charge on any atom is 0.503 e. The van der Waals surface area contributed by atoms with Gasteiger partial charge in [0.25, 0.3) is 0 Å². The van der Waals surface area contributed by atoms with Crippen molar-refractivity contribution in [1.29, 1.82) is 0 Å². The van der Waals surface area contributed by atoms with Crippen molar-refractivity contribution in [1.82, 2.24) is 0 Å². The monoisotopic (exact) mass is 562 g/mol. The first kappa shape index (κ1) is 26.0. The van der Waals surface area contributed by atoms with Gasteiger partial charge in [-0.3, -0.25) is 0 Å². The van der Waals surface area contributed by atoms with E-state index in [1.807, 2.05) is 12.1 Å². The molecule has 0 N–H and O–H groups in total. The SMILES string of the molecule is CO[Si](CCOc1cc(Br)c(OCC[Si](OC)(OC)OC)cc1Br)(OC)OC. The molecule has 0 bridgehead atoms. The molecule has 0 amide bonds. The Kier molecular flexibility index (Phi) is 11.7. The smallest absolute Gasteiger partial charge is 0.492 e. The van der Waals surface area contributed by atoms with Gasteiger partial charge in [-0.05, 0) is 44.0 Å². The normalized spacial score (nSPS) is 12.3. The first-order valence-corrected chi connectivity index (χ1v) is 13.8. The Morgan fingerprint density at radius 2 is 0.893 bits per heavy atom. The van der Waals surface area contributed by atoms with Gasteiger partial charge in [0.1, 0.15) is 11.5 Å². The third-order valence-electron chi connectivity index (χ3n) is 4.18. The summed E-state index contributed by atoms with van der Waals surface area (Å²) >= 11 is 7.02. The molecule has 1 rings (SSSR count). The number of hydrogen-bond donors (Lipinski definition) is 0. The maximum absolute atomic E-state index is 5.85. The van der Waals surface area contributed by atoms with Crippen LogP contribution in [0.2, 0.25) is 12.1 Å². The van der Waals surface area contributed by atoms with Crippen LogP contribution in [-0.4, -0.2) is 73.5 Å². The van der Waals surface area contributed by atoms with Crippen LogP contribution in [0.1, 0.15) is 0 Å².